The molecule has 0 bridgehead atoms. The van der Waals surface area contributed by atoms with Crippen LogP contribution in [0.1, 0.15) is 38.1 Å². The highest BCUT2D eigenvalue weighted by Crippen LogP contribution is 2.13. The molecule has 6 heteroatoms. The van der Waals surface area contributed by atoms with Gasteiger partial charge >= 0.3 is 0 Å². The molecular formula is C11H22N4O2. The minimum absolute atomic E-state index is 0.269. The van der Waals surface area contributed by atoms with Crippen LogP contribution in [0.3, 0.4) is 0 Å². The molecule has 0 saturated heterocycles. The summed E-state index contributed by atoms with van der Waals surface area (Å²) >= 11 is 0. The van der Waals surface area contributed by atoms with Crippen LogP contribution in [0, 0.1) is 0 Å². The zero-order chi connectivity index (χ0) is 12.7. The minimum atomic E-state index is -0.741. The van der Waals surface area contributed by atoms with E-state index >= 15 is 0 Å². The van der Waals surface area contributed by atoms with E-state index in [4.69, 9.17) is 10.3 Å². The first kappa shape index (κ1) is 14.1. The summed E-state index contributed by atoms with van der Waals surface area (Å²) in [6, 6.07) is 0. The van der Waals surface area contributed by atoms with Crippen molar-refractivity contribution >= 4 is 0 Å². The van der Waals surface area contributed by atoms with Crippen molar-refractivity contribution in [2.24, 2.45) is 5.73 Å². The molecule has 0 saturated carbocycles. The Morgan fingerprint density at radius 3 is 2.71 bits per heavy atom. The summed E-state index contributed by atoms with van der Waals surface area (Å²) < 4.78 is 4.99. The number of nitrogens with zero attached hydrogens (tertiary/aromatic N) is 3. The normalized spacial score (nSPS) is 13.2. The van der Waals surface area contributed by atoms with Gasteiger partial charge in [0, 0.05) is 13.0 Å². The van der Waals surface area contributed by atoms with Crippen LogP contribution in [0.25, 0.3) is 0 Å². The van der Waals surface area contributed by atoms with Gasteiger partial charge in [0.15, 0.2) is 5.82 Å². The largest absolute Gasteiger partial charge is 0.383 e. The lowest BCUT2D eigenvalue weighted by molar-refractivity contribution is 0.127. The standard InChI is InChI=1S/C11H22N4O2/c1-3-15(4-2)8-6-10-13-11(17-14-10)9(16)5-7-12/h9,16H,3-8,12H2,1-2H3. The summed E-state index contributed by atoms with van der Waals surface area (Å²) in [6.45, 7) is 7.57. The van der Waals surface area contributed by atoms with Crippen LogP contribution in [0.5, 0.6) is 0 Å². The maximum Gasteiger partial charge on any atom is 0.255 e. The van der Waals surface area contributed by atoms with Gasteiger partial charge in [-0.25, -0.2) is 0 Å². The molecule has 1 heterocycles. The Morgan fingerprint density at radius 2 is 2.12 bits per heavy atom. The van der Waals surface area contributed by atoms with E-state index in [2.05, 4.69) is 28.9 Å². The van der Waals surface area contributed by atoms with Crippen molar-refractivity contribution in [3.8, 4) is 0 Å². The molecule has 0 aliphatic heterocycles. The molecule has 0 fully saturated rings. The van der Waals surface area contributed by atoms with Gasteiger partial charge in [-0.15, -0.1) is 0 Å². The molecule has 0 spiro atoms. The second-order valence-corrected chi connectivity index (χ2v) is 3.92. The van der Waals surface area contributed by atoms with E-state index in [0.717, 1.165) is 26.1 Å². The van der Waals surface area contributed by atoms with Gasteiger partial charge in [0.05, 0.1) is 0 Å². The van der Waals surface area contributed by atoms with E-state index in [9.17, 15) is 5.11 Å². The van der Waals surface area contributed by atoms with Crippen LogP contribution in [0.4, 0.5) is 0 Å². The Bertz CT molecular complexity index is 312. The van der Waals surface area contributed by atoms with Gasteiger partial charge in [-0.1, -0.05) is 19.0 Å². The molecule has 0 amide bonds. The zero-order valence-corrected chi connectivity index (χ0v) is 10.6. The van der Waals surface area contributed by atoms with Gasteiger partial charge in [0.25, 0.3) is 5.89 Å². The first-order valence-corrected chi connectivity index (χ1v) is 6.14. The number of hydrogen-bond acceptors (Lipinski definition) is 6. The monoisotopic (exact) mass is 242 g/mol. The van der Waals surface area contributed by atoms with Crippen molar-refractivity contribution < 1.29 is 9.63 Å². The topological polar surface area (TPSA) is 88.4 Å². The maximum atomic E-state index is 9.62. The van der Waals surface area contributed by atoms with E-state index in [1.165, 1.54) is 0 Å². The van der Waals surface area contributed by atoms with Gasteiger partial charge in [0.2, 0.25) is 0 Å². The molecule has 0 radical (unpaired) electrons. The van der Waals surface area contributed by atoms with Crippen molar-refractivity contribution in [2.75, 3.05) is 26.2 Å². The third kappa shape index (κ3) is 4.41. The summed E-state index contributed by atoms with van der Waals surface area (Å²) in [5.74, 6) is 0.910. The lowest BCUT2D eigenvalue weighted by atomic mass is 10.2. The molecule has 0 aliphatic rings. The van der Waals surface area contributed by atoms with Crippen molar-refractivity contribution in [3.63, 3.8) is 0 Å². The second kappa shape index (κ2) is 7.37. The highest BCUT2D eigenvalue weighted by molar-refractivity contribution is 4.90. The molecule has 1 atom stereocenters. The molecule has 1 unspecified atom stereocenters. The maximum absolute atomic E-state index is 9.62. The number of aliphatic hydroxyl groups is 1. The fraction of sp³-hybridized carbons (Fsp3) is 0.818. The Morgan fingerprint density at radius 1 is 1.41 bits per heavy atom. The van der Waals surface area contributed by atoms with Crippen LogP contribution < -0.4 is 5.73 Å². The molecule has 1 aromatic rings. The summed E-state index contributed by atoms with van der Waals surface area (Å²) in [4.78, 5) is 6.44. The number of aromatic nitrogens is 2. The zero-order valence-electron chi connectivity index (χ0n) is 10.6. The van der Waals surface area contributed by atoms with Crippen molar-refractivity contribution in [3.05, 3.63) is 11.7 Å². The average Bonchev–Trinajstić information content (AvgIpc) is 2.79. The Balaban J connectivity index is 2.45. The molecule has 0 aliphatic carbocycles. The first-order chi connectivity index (χ1) is 8.21. The van der Waals surface area contributed by atoms with Crippen molar-refractivity contribution in [1.29, 1.82) is 0 Å². The second-order valence-electron chi connectivity index (χ2n) is 3.92. The lowest BCUT2D eigenvalue weighted by Gasteiger charge is -2.16. The summed E-state index contributed by atoms with van der Waals surface area (Å²) in [5, 5.41) is 13.5. The predicted octanol–water partition coefficient (Wildman–Crippen LogP) is 0.336. The summed E-state index contributed by atoms with van der Waals surface area (Å²) in [6.07, 6.45) is 0.438. The Labute approximate surface area is 102 Å². The number of nitrogens with two attached hydrogens (primary N) is 1. The Kier molecular flexibility index (Phi) is 6.10. The van der Waals surface area contributed by atoms with Crippen LogP contribution in [-0.2, 0) is 6.42 Å². The number of rotatable bonds is 8. The van der Waals surface area contributed by atoms with Gasteiger partial charge < -0.3 is 20.3 Å². The highest BCUT2D eigenvalue weighted by atomic mass is 16.5. The molecule has 17 heavy (non-hydrogen) atoms. The summed E-state index contributed by atoms with van der Waals surface area (Å²) in [7, 11) is 0. The van der Waals surface area contributed by atoms with E-state index in [0.29, 0.717) is 18.8 Å². The molecule has 3 N–H and O–H groups in total. The van der Waals surface area contributed by atoms with Gasteiger partial charge in [-0.3, -0.25) is 0 Å². The molecule has 98 valence electrons. The Hall–Kier alpha value is -0.980. The molecule has 0 aromatic carbocycles. The average molecular weight is 242 g/mol. The fourth-order valence-corrected chi connectivity index (χ4v) is 1.58. The first-order valence-electron chi connectivity index (χ1n) is 6.14. The van der Waals surface area contributed by atoms with E-state index < -0.39 is 6.10 Å². The van der Waals surface area contributed by atoms with Gasteiger partial charge in [0.1, 0.15) is 6.10 Å². The van der Waals surface area contributed by atoms with Crippen LogP contribution in [0.15, 0.2) is 4.52 Å². The van der Waals surface area contributed by atoms with E-state index in [-0.39, 0.29) is 5.89 Å². The predicted molar refractivity (Wildman–Crippen MR) is 64.4 cm³/mol. The van der Waals surface area contributed by atoms with Crippen molar-refractivity contribution in [2.45, 2.75) is 32.8 Å². The third-order valence-electron chi connectivity index (χ3n) is 2.76. The molecule has 6 nitrogen and oxygen atoms in total. The number of likely N-dealkylation sites (N-methyl/N-ethyl adjacent to an activating group) is 1. The van der Waals surface area contributed by atoms with Crippen LogP contribution in [-0.4, -0.2) is 46.3 Å². The van der Waals surface area contributed by atoms with E-state index in [1.54, 1.807) is 0 Å². The van der Waals surface area contributed by atoms with Crippen molar-refractivity contribution in [1.82, 2.24) is 15.0 Å². The number of hydrogen-bond donors (Lipinski definition) is 2. The summed E-state index contributed by atoms with van der Waals surface area (Å²) in [5.41, 5.74) is 5.35. The van der Waals surface area contributed by atoms with Gasteiger partial charge in [-0.05, 0) is 26.1 Å². The molecule has 1 rings (SSSR count). The fourth-order valence-electron chi connectivity index (χ4n) is 1.58. The van der Waals surface area contributed by atoms with Crippen LogP contribution >= 0.6 is 0 Å². The number of aliphatic hydroxyl groups excluding tert-OH is 1. The SMILES string of the molecule is CCN(CC)CCc1noc(C(O)CCN)n1. The lowest BCUT2D eigenvalue weighted by Crippen LogP contribution is -2.25. The quantitative estimate of drug-likeness (QED) is 0.683. The third-order valence-corrected chi connectivity index (χ3v) is 2.76. The molecular weight excluding hydrogens is 220 g/mol. The smallest absolute Gasteiger partial charge is 0.255 e. The van der Waals surface area contributed by atoms with Crippen LogP contribution in [0.2, 0.25) is 0 Å². The minimum Gasteiger partial charge on any atom is -0.383 e. The molecule has 1 aromatic heterocycles. The highest BCUT2D eigenvalue weighted by Gasteiger charge is 2.15. The van der Waals surface area contributed by atoms with Gasteiger partial charge in [-0.2, -0.15) is 4.98 Å². The van der Waals surface area contributed by atoms with E-state index in [1.807, 2.05) is 0 Å².